The molecule has 0 fully saturated rings. The Labute approximate surface area is 196 Å². The number of anilines is 1. The lowest BCUT2D eigenvalue weighted by Crippen LogP contribution is -2.56. The molecule has 1 amide bonds. The van der Waals surface area contributed by atoms with Crippen molar-refractivity contribution in [1.29, 1.82) is 0 Å². The normalized spacial score (nSPS) is 12.1. The van der Waals surface area contributed by atoms with Crippen molar-refractivity contribution >= 4 is 23.5 Å². The highest BCUT2D eigenvalue weighted by Gasteiger charge is 2.36. The number of esters is 2. The molecule has 0 aliphatic heterocycles. The van der Waals surface area contributed by atoms with Gasteiger partial charge in [-0.1, -0.05) is 43.3 Å². The van der Waals surface area contributed by atoms with Crippen LogP contribution in [0.4, 0.5) is 5.69 Å². The monoisotopic (exact) mass is 455 g/mol. The van der Waals surface area contributed by atoms with Gasteiger partial charge in [0.1, 0.15) is 6.61 Å². The van der Waals surface area contributed by atoms with E-state index in [4.69, 9.17) is 9.47 Å². The Kier molecular flexibility index (Phi) is 9.17. The summed E-state index contributed by atoms with van der Waals surface area (Å²) in [5.74, 6) is -1.13. The second-order valence-corrected chi connectivity index (χ2v) is 8.72. The number of carbonyl (C=O) groups is 3. The van der Waals surface area contributed by atoms with Crippen molar-refractivity contribution in [3.63, 3.8) is 0 Å². The predicted octanol–water partition coefficient (Wildman–Crippen LogP) is 4.02. The number of likely N-dealkylation sites (N-methyl/N-ethyl adjacent to an activating group) is 1. The number of quaternary nitrogens is 1. The molecule has 0 heterocycles. The predicted molar refractivity (Wildman–Crippen MR) is 128 cm³/mol. The van der Waals surface area contributed by atoms with E-state index in [9.17, 15) is 14.4 Å². The highest BCUT2D eigenvalue weighted by molar-refractivity contribution is 6.03. The molecule has 2 rings (SSSR count). The van der Waals surface area contributed by atoms with Gasteiger partial charge in [-0.2, -0.15) is 0 Å². The maximum Gasteiger partial charge on any atom is 0.362 e. The quantitative estimate of drug-likeness (QED) is 0.432. The van der Waals surface area contributed by atoms with Crippen LogP contribution in [-0.4, -0.2) is 55.6 Å². The zero-order chi connectivity index (χ0) is 24.6. The van der Waals surface area contributed by atoms with E-state index >= 15 is 0 Å². The van der Waals surface area contributed by atoms with Crippen molar-refractivity contribution in [2.75, 3.05) is 32.6 Å². The number of hydrogen-bond acceptors (Lipinski definition) is 5. The molecule has 0 saturated carbocycles. The second kappa shape index (κ2) is 11.6. The molecule has 7 heteroatoms. The smallest absolute Gasteiger partial charge is 0.362 e. The molecule has 0 radical (unpaired) electrons. The number of nitrogens with zero attached hydrogens (tertiary/aromatic N) is 1. The SMILES string of the molecule is CCOC(=O)c1cc(C)cc(C)c1NC(=O)C(CC)[N+](C)(C)CC(=O)OCc1ccccc1. The molecule has 0 aliphatic carbocycles. The third-order valence-electron chi connectivity index (χ3n) is 5.54. The lowest BCUT2D eigenvalue weighted by atomic mass is 10.0. The number of amides is 1. The zero-order valence-corrected chi connectivity index (χ0v) is 20.4. The first-order chi connectivity index (χ1) is 15.6. The zero-order valence-electron chi connectivity index (χ0n) is 20.4. The lowest BCUT2D eigenvalue weighted by molar-refractivity contribution is -0.898. The molecule has 0 bridgehead atoms. The summed E-state index contributed by atoms with van der Waals surface area (Å²) >= 11 is 0. The van der Waals surface area contributed by atoms with E-state index < -0.39 is 12.0 Å². The fraction of sp³-hybridized carbons (Fsp3) is 0.423. The van der Waals surface area contributed by atoms with Crippen LogP contribution in [0.5, 0.6) is 0 Å². The maximum atomic E-state index is 13.3. The van der Waals surface area contributed by atoms with Gasteiger partial charge in [0.15, 0.2) is 12.6 Å². The van der Waals surface area contributed by atoms with Crippen molar-refractivity contribution in [3.8, 4) is 0 Å². The summed E-state index contributed by atoms with van der Waals surface area (Å²) in [4.78, 5) is 38.3. The summed E-state index contributed by atoms with van der Waals surface area (Å²) in [6.45, 7) is 7.83. The van der Waals surface area contributed by atoms with E-state index in [-0.39, 0.29) is 36.1 Å². The van der Waals surface area contributed by atoms with Gasteiger partial charge in [0.25, 0.3) is 5.91 Å². The average molecular weight is 456 g/mol. The van der Waals surface area contributed by atoms with Crippen LogP contribution in [-0.2, 0) is 25.7 Å². The molecule has 0 saturated heterocycles. The third-order valence-corrected chi connectivity index (χ3v) is 5.54. The first-order valence-electron chi connectivity index (χ1n) is 11.2. The number of hydrogen-bond donors (Lipinski definition) is 1. The fourth-order valence-corrected chi connectivity index (χ4v) is 3.93. The highest BCUT2D eigenvalue weighted by Crippen LogP contribution is 2.25. The molecule has 7 nitrogen and oxygen atoms in total. The van der Waals surface area contributed by atoms with Gasteiger partial charge in [-0.05, 0) is 43.5 Å². The minimum absolute atomic E-state index is 0.0381. The largest absolute Gasteiger partial charge is 0.462 e. The van der Waals surface area contributed by atoms with Crippen molar-refractivity contribution < 1.29 is 28.3 Å². The van der Waals surface area contributed by atoms with Crippen LogP contribution < -0.4 is 5.32 Å². The molecule has 178 valence electrons. The summed E-state index contributed by atoms with van der Waals surface area (Å²) < 4.78 is 10.7. The van der Waals surface area contributed by atoms with Gasteiger partial charge in [0.05, 0.1) is 32.0 Å². The Bertz CT molecular complexity index is 986. The highest BCUT2D eigenvalue weighted by atomic mass is 16.5. The third kappa shape index (κ3) is 7.15. The molecular formula is C26H35N2O5+. The first kappa shape index (κ1) is 26.1. The second-order valence-electron chi connectivity index (χ2n) is 8.72. The fourth-order valence-electron chi connectivity index (χ4n) is 3.93. The lowest BCUT2D eigenvalue weighted by Gasteiger charge is -2.35. The molecule has 33 heavy (non-hydrogen) atoms. The van der Waals surface area contributed by atoms with E-state index in [1.54, 1.807) is 13.0 Å². The van der Waals surface area contributed by atoms with Crippen molar-refractivity contribution in [2.45, 2.75) is 46.8 Å². The van der Waals surface area contributed by atoms with Crippen LogP contribution in [0.25, 0.3) is 0 Å². The summed E-state index contributed by atoms with van der Waals surface area (Å²) in [5, 5.41) is 2.93. The minimum atomic E-state index is -0.523. The maximum absolute atomic E-state index is 13.3. The number of carbonyl (C=O) groups excluding carboxylic acids is 3. The topological polar surface area (TPSA) is 81.7 Å². The van der Waals surface area contributed by atoms with Crippen LogP contribution in [0, 0.1) is 13.8 Å². The Morgan fingerprint density at radius 3 is 2.27 bits per heavy atom. The van der Waals surface area contributed by atoms with E-state index in [0.717, 1.165) is 16.7 Å². The Hall–Kier alpha value is -3.19. The van der Waals surface area contributed by atoms with E-state index in [2.05, 4.69) is 5.32 Å². The van der Waals surface area contributed by atoms with E-state index in [1.807, 2.05) is 71.3 Å². The molecule has 0 spiro atoms. The molecule has 1 N–H and O–H groups in total. The van der Waals surface area contributed by atoms with Gasteiger partial charge in [0, 0.05) is 6.42 Å². The van der Waals surface area contributed by atoms with Crippen LogP contribution in [0.2, 0.25) is 0 Å². The molecular weight excluding hydrogens is 420 g/mol. The number of benzene rings is 2. The first-order valence-corrected chi connectivity index (χ1v) is 11.2. The van der Waals surface area contributed by atoms with Crippen molar-refractivity contribution in [3.05, 3.63) is 64.7 Å². The van der Waals surface area contributed by atoms with Crippen molar-refractivity contribution in [2.24, 2.45) is 0 Å². The Morgan fingerprint density at radius 2 is 1.67 bits per heavy atom. The van der Waals surface area contributed by atoms with Gasteiger partial charge in [-0.25, -0.2) is 9.59 Å². The summed E-state index contributed by atoms with van der Waals surface area (Å²) in [6, 6.07) is 12.5. The molecule has 1 unspecified atom stereocenters. The minimum Gasteiger partial charge on any atom is -0.462 e. The van der Waals surface area contributed by atoms with E-state index in [1.165, 1.54) is 0 Å². The molecule has 2 aromatic carbocycles. The molecule has 2 aromatic rings. The van der Waals surface area contributed by atoms with Gasteiger partial charge in [-0.15, -0.1) is 0 Å². The standard InChI is InChI=1S/C26H34N2O5/c1-7-22(28(5,6)16-23(29)33-17-20-12-10-9-11-13-20)25(30)27-24-19(4)14-18(3)15-21(24)26(31)32-8-2/h9-15,22H,7-8,16-17H2,1-6H3/p+1. The van der Waals surface area contributed by atoms with Crippen molar-refractivity contribution in [1.82, 2.24) is 0 Å². The Morgan fingerprint density at radius 1 is 1.00 bits per heavy atom. The van der Waals surface area contributed by atoms with Gasteiger partial charge in [0.2, 0.25) is 0 Å². The number of nitrogens with one attached hydrogen (secondary N) is 1. The molecule has 0 aromatic heterocycles. The summed E-state index contributed by atoms with van der Waals surface area (Å²) in [7, 11) is 3.65. The summed E-state index contributed by atoms with van der Waals surface area (Å²) in [6.07, 6.45) is 0.504. The molecule has 0 aliphatic rings. The van der Waals surface area contributed by atoms with Crippen LogP contribution in [0.15, 0.2) is 42.5 Å². The number of ether oxygens (including phenoxy) is 2. The Balaban J connectivity index is 2.15. The van der Waals surface area contributed by atoms with Crippen LogP contribution in [0.1, 0.15) is 47.3 Å². The van der Waals surface area contributed by atoms with E-state index in [0.29, 0.717) is 17.7 Å². The van der Waals surface area contributed by atoms with Crippen LogP contribution in [0.3, 0.4) is 0 Å². The average Bonchev–Trinajstić information content (AvgIpc) is 2.74. The van der Waals surface area contributed by atoms with Gasteiger partial charge >= 0.3 is 11.9 Å². The van der Waals surface area contributed by atoms with Crippen LogP contribution >= 0.6 is 0 Å². The number of aryl methyl sites for hydroxylation is 2. The molecule has 1 atom stereocenters. The summed E-state index contributed by atoms with van der Waals surface area (Å²) in [5.41, 5.74) is 3.34. The number of rotatable bonds is 10. The van der Waals surface area contributed by atoms with Gasteiger partial charge < -0.3 is 19.3 Å². The van der Waals surface area contributed by atoms with Gasteiger partial charge in [-0.3, -0.25) is 4.79 Å².